The topological polar surface area (TPSA) is 76.5 Å². The Morgan fingerprint density at radius 2 is 1.95 bits per heavy atom. The van der Waals surface area contributed by atoms with E-state index in [9.17, 15) is 8.42 Å². The van der Waals surface area contributed by atoms with E-state index < -0.39 is 10.0 Å². The van der Waals surface area contributed by atoms with Crippen molar-refractivity contribution in [1.82, 2.24) is 4.31 Å². The maximum absolute atomic E-state index is 12.7. The lowest BCUT2D eigenvalue weighted by molar-refractivity contribution is 0.356. The predicted octanol–water partition coefficient (Wildman–Crippen LogP) is 1.77. The van der Waals surface area contributed by atoms with E-state index in [1.165, 1.54) is 4.31 Å². The van der Waals surface area contributed by atoms with Crippen LogP contribution in [0.1, 0.15) is 36.8 Å². The summed E-state index contributed by atoms with van der Waals surface area (Å²) in [6.45, 7) is 5.55. The Morgan fingerprint density at radius 3 is 2.42 bits per heavy atom. The normalized spacial score (nSPS) is 18.0. The molecule has 2 N–H and O–H groups in total. The minimum atomic E-state index is -3.54. The molecule has 1 aromatic heterocycles. The van der Waals surface area contributed by atoms with E-state index in [1.807, 2.05) is 6.92 Å². The SMILES string of the molecule is Cc1oc(C)c(S(=O)(=O)N(C)C(C)C2CC2)c1CN. The molecule has 5 nitrogen and oxygen atoms in total. The van der Waals surface area contributed by atoms with E-state index in [1.54, 1.807) is 20.9 Å². The fraction of sp³-hybridized carbons (Fsp3) is 0.692. The third-order valence-electron chi connectivity index (χ3n) is 4.04. The molecule has 0 bridgehead atoms. The molecule has 1 aromatic rings. The zero-order chi connectivity index (χ0) is 14.4. The van der Waals surface area contributed by atoms with Crippen LogP contribution in [0.3, 0.4) is 0 Å². The second kappa shape index (κ2) is 4.92. The van der Waals surface area contributed by atoms with Crippen LogP contribution < -0.4 is 5.73 Å². The molecule has 1 unspecified atom stereocenters. The molecule has 108 valence electrons. The smallest absolute Gasteiger partial charge is 0.246 e. The van der Waals surface area contributed by atoms with Crippen LogP contribution in [-0.2, 0) is 16.6 Å². The molecular formula is C13H22N2O3S. The Balaban J connectivity index is 2.44. The Labute approximate surface area is 114 Å². The first-order valence-corrected chi connectivity index (χ1v) is 8.01. The van der Waals surface area contributed by atoms with Gasteiger partial charge in [0.1, 0.15) is 16.4 Å². The minimum absolute atomic E-state index is 0.0187. The van der Waals surface area contributed by atoms with Crippen molar-refractivity contribution >= 4 is 10.0 Å². The minimum Gasteiger partial charge on any atom is -0.465 e. The third kappa shape index (κ3) is 2.44. The highest BCUT2D eigenvalue weighted by Gasteiger charge is 2.38. The highest BCUT2D eigenvalue weighted by atomic mass is 32.2. The van der Waals surface area contributed by atoms with Crippen molar-refractivity contribution in [1.29, 1.82) is 0 Å². The quantitative estimate of drug-likeness (QED) is 0.895. The molecule has 1 heterocycles. The highest BCUT2D eigenvalue weighted by Crippen LogP contribution is 2.37. The molecule has 1 aliphatic rings. The van der Waals surface area contributed by atoms with Crippen molar-refractivity contribution in [2.75, 3.05) is 7.05 Å². The lowest BCUT2D eigenvalue weighted by Crippen LogP contribution is -2.37. The van der Waals surface area contributed by atoms with Gasteiger partial charge in [-0.25, -0.2) is 8.42 Å². The van der Waals surface area contributed by atoms with Crippen LogP contribution in [0.15, 0.2) is 9.31 Å². The second-order valence-electron chi connectivity index (χ2n) is 5.33. The van der Waals surface area contributed by atoms with E-state index in [0.29, 0.717) is 23.0 Å². The first-order valence-electron chi connectivity index (χ1n) is 6.57. The summed E-state index contributed by atoms with van der Waals surface area (Å²) in [5.74, 6) is 1.49. The highest BCUT2D eigenvalue weighted by molar-refractivity contribution is 7.89. The molecule has 0 radical (unpaired) electrons. The van der Waals surface area contributed by atoms with Gasteiger partial charge in [-0.3, -0.25) is 0 Å². The van der Waals surface area contributed by atoms with Crippen molar-refractivity contribution in [3.05, 3.63) is 17.1 Å². The number of nitrogens with two attached hydrogens (primary N) is 1. The number of hydrogen-bond donors (Lipinski definition) is 1. The fourth-order valence-corrected chi connectivity index (χ4v) is 4.36. The number of furan rings is 1. The molecule has 19 heavy (non-hydrogen) atoms. The van der Waals surface area contributed by atoms with E-state index >= 15 is 0 Å². The summed E-state index contributed by atoms with van der Waals surface area (Å²) < 4.78 is 32.4. The Hall–Kier alpha value is -0.850. The molecule has 1 saturated carbocycles. The molecule has 6 heteroatoms. The maximum Gasteiger partial charge on any atom is 0.246 e. The van der Waals surface area contributed by atoms with Gasteiger partial charge in [-0.2, -0.15) is 4.31 Å². The van der Waals surface area contributed by atoms with Gasteiger partial charge in [0.05, 0.1) is 0 Å². The van der Waals surface area contributed by atoms with Crippen molar-refractivity contribution < 1.29 is 12.8 Å². The third-order valence-corrected chi connectivity index (χ3v) is 6.18. The number of rotatable bonds is 5. The van der Waals surface area contributed by atoms with Crippen LogP contribution in [0, 0.1) is 19.8 Å². The van der Waals surface area contributed by atoms with Crippen LogP contribution in [0.2, 0.25) is 0 Å². The summed E-state index contributed by atoms with van der Waals surface area (Å²) in [6, 6.07) is 0.0187. The van der Waals surface area contributed by atoms with Crippen molar-refractivity contribution in [2.45, 2.75) is 51.1 Å². The average Bonchev–Trinajstić information content (AvgIpc) is 3.13. The van der Waals surface area contributed by atoms with Crippen LogP contribution in [0.5, 0.6) is 0 Å². The number of aryl methyl sites for hydroxylation is 2. The van der Waals surface area contributed by atoms with Crippen LogP contribution in [0.4, 0.5) is 0 Å². The van der Waals surface area contributed by atoms with Gasteiger partial charge >= 0.3 is 0 Å². The molecule has 0 saturated heterocycles. The Bertz CT molecular complexity index is 573. The van der Waals surface area contributed by atoms with Gasteiger partial charge in [-0.1, -0.05) is 0 Å². The van der Waals surface area contributed by atoms with Gasteiger partial charge in [-0.15, -0.1) is 0 Å². The van der Waals surface area contributed by atoms with Gasteiger partial charge in [0, 0.05) is 25.2 Å². The maximum atomic E-state index is 12.7. The lowest BCUT2D eigenvalue weighted by atomic mass is 10.2. The summed E-state index contributed by atoms with van der Waals surface area (Å²) in [5, 5.41) is 0. The second-order valence-corrected chi connectivity index (χ2v) is 7.26. The van der Waals surface area contributed by atoms with E-state index in [-0.39, 0.29) is 17.5 Å². The summed E-state index contributed by atoms with van der Waals surface area (Å²) >= 11 is 0. The van der Waals surface area contributed by atoms with E-state index in [2.05, 4.69) is 0 Å². The van der Waals surface area contributed by atoms with E-state index in [0.717, 1.165) is 12.8 Å². The van der Waals surface area contributed by atoms with Crippen LogP contribution >= 0.6 is 0 Å². The van der Waals surface area contributed by atoms with Gasteiger partial charge in [0.25, 0.3) is 0 Å². The number of nitrogens with zero attached hydrogens (tertiary/aromatic N) is 1. The van der Waals surface area contributed by atoms with Gasteiger partial charge in [-0.05, 0) is 39.5 Å². The predicted molar refractivity (Wildman–Crippen MR) is 73.2 cm³/mol. The van der Waals surface area contributed by atoms with Crippen molar-refractivity contribution in [2.24, 2.45) is 11.7 Å². The summed E-state index contributed by atoms with van der Waals surface area (Å²) in [5.41, 5.74) is 6.26. The first-order chi connectivity index (χ1) is 8.80. The fourth-order valence-electron chi connectivity index (χ4n) is 2.52. The largest absolute Gasteiger partial charge is 0.465 e. The number of sulfonamides is 1. The number of hydrogen-bond acceptors (Lipinski definition) is 4. The Kier molecular flexibility index (Phi) is 3.77. The van der Waals surface area contributed by atoms with Gasteiger partial charge < -0.3 is 10.2 Å². The molecule has 0 spiro atoms. The molecular weight excluding hydrogens is 264 g/mol. The van der Waals surface area contributed by atoms with E-state index in [4.69, 9.17) is 10.2 Å². The summed E-state index contributed by atoms with van der Waals surface area (Å²) in [4.78, 5) is 0.252. The van der Waals surface area contributed by atoms with Crippen molar-refractivity contribution in [3.8, 4) is 0 Å². The average molecular weight is 286 g/mol. The summed E-state index contributed by atoms with van der Waals surface area (Å²) in [7, 11) is -1.90. The molecule has 1 aliphatic carbocycles. The van der Waals surface area contributed by atoms with Gasteiger partial charge in [0.15, 0.2) is 0 Å². The zero-order valence-electron chi connectivity index (χ0n) is 11.9. The first kappa shape index (κ1) is 14.6. The monoisotopic (exact) mass is 286 g/mol. The zero-order valence-corrected chi connectivity index (χ0v) is 12.8. The molecule has 1 fully saturated rings. The molecule has 0 aromatic carbocycles. The molecule has 0 aliphatic heterocycles. The summed E-state index contributed by atoms with van der Waals surface area (Å²) in [6.07, 6.45) is 2.21. The molecule has 2 rings (SSSR count). The Morgan fingerprint density at radius 1 is 1.37 bits per heavy atom. The van der Waals surface area contributed by atoms with Gasteiger partial charge in [0.2, 0.25) is 10.0 Å². The van der Waals surface area contributed by atoms with Crippen LogP contribution in [-0.4, -0.2) is 25.8 Å². The van der Waals surface area contributed by atoms with Crippen molar-refractivity contribution in [3.63, 3.8) is 0 Å². The van der Waals surface area contributed by atoms with Crippen LogP contribution in [0.25, 0.3) is 0 Å². The molecule has 0 amide bonds. The standard InChI is InChI=1S/C13H22N2O3S/c1-8(11-5-6-11)15(4)19(16,17)13-10(3)18-9(2)12(13)7-14/h8,11H,5-7,14H2,1-4H3. The lowest BCUT2D eigenvalue weighted by Gasteiger charge is -2.24. The molecule has 1 atom stereocenters.